The smallest absolute Gasteiger partial charge is 0.0113 e. The van der Waals surface area contributed by atoms with Gasteiger partial charge in [0.15, 0.2) is 0 Å². The van der Waals surface area contributed by atoms with Crippen molar-refractivity contribution in [2.75, 3.05) is 46.8 Å². The van der Waals surface area contributed by atoms with Gasteiger partial charge in [-0.15, -0.1) is 0 Å². The lowest BCUT2D eigenvalue weighted by molar-refractivity contribution is 0.126. The van der Waals surface area contributed by atoms with Gasteiger partial charge in [0.1, 0.15) is 0 Å². The third-order valence-electron chi connectivity index (χ3n) is 4.46. The molecule has 2 atom stereocenters. The molecule has 0 radical (unpaired) electrons. The maximum absolute atomic E-state index is 3.50. The van der Waals surface area contributed by atoms with Crippen molar-refractivity contribution in [1.82, 2.24) is 15.1 Å². The van der Waals surface area contributed by atoms with Gasteiger partial charge in [0.2, 0.25) is 0 Å². The Balaban J connectivity index is 1.72. The van der Waals surface area contributed by atoms with Crippen molar-refractivity contribution in [1.29, 1.82) is 0 Å². The summed E-state index contributed by atoms with van der Waals surface area (Å²) in [4.78, 5) is 5.06. The van der Waals surface area contributed by atoms with Crippen LogP contribution >= 0.6 is 0 Å². The van der Waals surface area contributed by atoms with Gasteiger partial charge in [-0.1, -0.05) is 6.92 Å². The number of nitrogens with zero attached hydrogens (tertiary/aromatic N) is 2. The molecule has 2 fully saturated rings. The van der Waals surface area contributed by atoms with Crippen molar-refractivity contribution < 1.29 is 0 Å². The molecule has 16 heavy (non-hydrogen) atoms. The predicted octanol–water partition coefficient (Wildman–Crippen LogP) is 0.868. The quantitative estimate of drug-likeness (QED) is 0.769. The molecule has 2 aliphatic heterocycles. The minimum atomic E-state index is 0.815. The van der Waals surface area contributed by atoms with Crippen LogP contribution in [0.25, 0.3) is 0 Å². The van der Waals surface area contributed by atoms with Crippen molar-refractivity contribution >= 4 is 0 Å². The van der Waals surface area contributed by atoms with E-state index in [1.807, 2.05) is 0 Å². The topological polar surface area (TPSA) is 18.5 Å². The number of nitrogens with one attached hydrogen (secondary N) is 1. The summed E-state index contributed by atoms with van der Waals surface area (Å²) >= 11 is 0. The molecule has 94 valence electrons. The van der Waals surface area contributed by atoms with Crippen LogP contribution in [0.3, 0.4) is 0 Å². The summed E-state index contributed by atoms with van der Waals surface area (Å²) in [6.07, 6.45) is 2.70. The van der Waals surface area contributed by atoms with Crippen molar-refractivity contribution in [3.8, 4) is 0 Å². The fraction of sp³-hybridized carbons (Fsp3) is 1.00. The van der Waals surface area contributed by atoms with E-state index in [1.54, 1.807) is 0 Å². The Morgan fingerprint density at radius 1 is 1.19 bits per heavy atom. The number of hydrogen-bond donors (Lipinski definition) is 1. The highest BCUT2D eigenvalue weighted by Gasteiger charge is 2.27. The van der Waals surface area contributed by atoms with E-state index >= 15 is 0 Å². The second-order valence-corrected chi connectivity index (χ2v) is 5.89. The van der Waals surface area contributed by atoms with Crippen LogP contribution in [0.4, 0.5) is 0 Å². The van der Waals surface area contributed by atoms with Crippen LogP contribution in [-0.2, 0) is 0 Å². The lowest BCUT2D eigenvalue weighted by atomic mass is 9.96. The zero-order valence-electron chi connectivity index (χ0n) is 11.1. The number of likely N-dealkylation sites (tertiary alicyclic amines) is 1. The molecule has 1 N–H and O–H groups in total. The van der Waals surface area contributed by atoms with Crippen LogP contribution in [0.5, 0.6) is 0 Å². The molecule has 0 aliphatic carbocycles. The lowest BCUT2D eigenvalue weighted by Crippen LogP contribution is -2.44. The molecule has 0 aromatic carbocycles. The van der Waals surface area contributed by atoms with Gasteiger partial charge in [0, 0.05) is 12.6 Å². The fourth-order valence-electron chi connectivity index (χ4n) is 3.06. The van der Waals surface area contributed by atoms with Crippen molar-refractivity contribution in [3.05, 3.63) is 0 Å². The third-order valence-corrected chi connectivity index (χ3v) is 4.46. The van der Waals surface area contributed by atoms with E-state index in [9.17, 15) is 0 Å². The number of rotatable bonds is 3. The molecular weight excluding hydrogens is 198 g/mol. The molecule has 0 bridgehead atoms. The predicted molar refractivity (Wildman–Crippen MR) is 68.7 cm³/mol. The molecule has 0 spiro atoms. The zero-order chi connectivity index (χ0) is 11.5. The van der Waals surface area contributed by atoms with E-state index in [4.69, 9.17) is 0 Å². The normalized spacial score (nSPS) is 33.8. The standard InChI is InChI=1S/C13H27N3/c1-11-8-14-9-12(11)10-16-6-4-13(5-7-16)15(2)3/h11-14H,4-10H2,1-3H3/t11-,12+/m1/s1. The van der Waals surface area contributed by atoms with E-state index in [0.717, 1.165) is 17.9 Å². The van der Waals surface area contributed by atoms with Gasteiger partial charge in [-0.2, -0.15) is 0 Å². The monoisotopic (exact) mass is 225 g/mol. The van der Waals surface area contributed by atoms with E-state index in [-0.39, 0.29) is 0 Å². The molecular formula is C13H27N3. The molecule has 0 aromatic heterocycles. The van der Waals surface area contributed by atoms with Crippen LogP contribution in [0.2, 0.25) is 0 Å². The van der Waals surface area contributed by atoms with Gasteiger partial charge in [-0.25, -0.2) is 0 Å². The first-order valence-corrected chi connectivity index (χ1v) is 6.76. The Morgan fingerprint density at radius 3 is 2.38 bits per heavy atom. The number of piperidine rings is 1. The maximum Gasteiger partial charge on any atom is 0.0113 e. The third kappa shape index (κ3) is 2.96. The molecule has 0 saturated carbocycles. The molecule has 2 heterocycles. The highest BCUT2D eigenvalue weighted by atomic mass is 15.2. The summed E-state index contributed by atoms with van der Waals surface area (Å²) in [7, 11) is 4.42. The van der Waals surface area contributed by atoms with Crippen LogP contribution in [0.15, 0.2) is 0 Å². The van der Waals surface area contributed by atoms with Gasteiger partial charge < -0.3 is 15.1 Å². The van der Waals surface area contributed by atoms with Gasteiger partial charge >= 0.3 is 0 Å². The van der Waals surface area contributed by atoms with Gasteiger partial charge in [0.25, 0.3) is 0 Å². The summed E-state index contributed by atoms with van der Waals surface area (Å²) in [5.74, 6) is 1.75. The lowest BCUT2D eigenvalue weighted by Gasteiger charge is -2.36. The molecule has 3 nitrogen and oxygen atoms in total. The van der Waals surface area contributed by atoms with Crippen molar-refractivity contribution in [2.24, 2.45) is 11.8 Å². The second-order valence-electron chi connectivity index (χ2n) is 5.89. The van der Waals surface area contributed by atoms with Crippen LogP contribution in [-0.4, -0.2) is 62.7 Å². The Morgan fingerprint density at radius 2 is 1.88 bits per heavy atom. The highest BCUT2D eigenvalue weighted by Crippen LogP contribution is 2.20. The molecule has 0 amide bonds. The van der Waals surface area contributed by atoms with E-state index in [2.05, 4.69) is 36.1 Å². The summed E-state index contributed by atoms with van der Waals surface area (Å²) in [5, 5.41) is 3.50. The average Bonchev–Trinajstić information content (AvgIpc) is 2.65. The summed E-state index contributed by atoms with van der Waals surface area (Å²) < 4.78 is 0. The zero-order valence-corrected chi connectivity index (χ0v) is 11.1. The second kappa shape index (κ2) is 5.48. The fourth-order valence-corrected chi connectivity index (χ4v) is 3.06. The molecule has 3 heteroatoms. The first-order chi connectivity index (χ1) is 7.66. The first kappa shape index (κ1) is 12.3. The maximum atomic E-state index is 3.50. The van der Waals surface area contributed by atoms with Crippen LogP contribution in [0.1, 0.15) is 19.8 Å². The molecule has 2 saturated heterocycles. The van der Waals surface area contributed by atoms with Gasteiger partial charge in [0.05, 0.1) is 0 Å². The SMILES string of the molecule is C[C@@H]1CNC[C@H]1CN1CCC(N(C)C)CC1. The van der Waals surface area contributed by atoms with Crippen molar-refractivity contribution in [2.45, 2.75) is 25.8 Å². The molecule has 0 aromatic rings. The first-order valence-electron chi connectivity index (χ1n) is 6.76. The Bertz CT molecular complexity index is 209. The Hall–Kier alpha value is -0.120. The highest BCUT2D eigenvalue weighted by molar-refractivity contribution is 4.83. The Kier molecular flexibility index (Phi) is 4.22. The average molecular weight is 225 g/mol. The minimum absolute atomic E-state index is 0.815. The van der Waals surface area contributed by atoms with E-state index in [1.165, 1.54) is 45.6 Å². The Labute approximate surface area is 100 Å². The molecule has 2 rings (SSSR count). The van der Waals surface area contributed by atoms with Crippen molar-refractivity contribution in [3.63, 3.8) is 0 Å². The molecule has 0 unspecified atom stereocenters. The van der Waals surface area contributed by atoms with E-state index < -0.39 is 0 Å². The van der Waals surface area contributed by atoms with Gasteiger partial charge in [-0.3, -0.25) is 0 Å². The molecule has 2 aliphatic rings. The van der Waals surface area contributed by atoms with Crippen LogP contribution in [0, 0.1) is 11.8 Å². The minimum Gasteiger partial charge on any atom is -0.316 e. The summed E-state index contributed by atoms with van der Waals surface area (Å²) in [6.45, 7) is 8.75. The number of hydrogen-bond acceptors (Lipinski definition) is 3. The summed E-state index contributed by atoms with van der Waals surface area (Å²) in [5.41, 5.74) is 0. The van der Waals surface area contributed by atoms with Gasteiger partial charge in [-0.05, 0) is 65.0 Å². The largest absolute Gasteiger partial charge is 0.316 e. The van der Waals surface area contributed by atoms with E-state index in [0.29, 0.717) is 0 Å². The van der Waals surface area contributed by atoms with Crippen LogP contribution < -0.4 is 5.32 Å². The summed E-state index contributed by atoms with van der Waals surface area (Å²) in [6, 6.07) is 0.815.